The second kappa shape index (κ2) is 5.43. The Bertz CT molecular complexity index is 339. The first kappa shape index (κ1) is 11.6. The van der Waals surface area contributed by atoms with Crippen LogP contribution in [0.25, 0.3) is 0 Å². The zero-order chi connectivity index (χ0) is 11.4. The van der Waals surface area contributed by atoms with Gasteiger partial charge in [-0.05, 0) is 18.4 Å². The average molecular weight is 241 g/mol. The Morgan fingerprint density at radius 2 is 2.56 bits per heavy atom. The molecule has 1 N–H and O–H groups in total. The lowest BCUT2D eigenvalue weighted by atomic mass is 10.2. The molecule has 1 saturated heterocycles. The Labute approximate surface area is 98.6 Å². The summed E-state index contributed by atoms with van der Waals surface area (Å²) >= 11 is 1.51. The van der Waals surface area contributed by atoms with Crippen LogP contribution in [0.2, 0.25) is 0 Å². The van der Waals surface area contributed by atoms with Crippen LogP contribution in [0.4, 0.5) is 0 Å². The van der Waals surface area contributed by atoms with Crippen molar-refractivity contribution in [2.45, 2.75) is 19.1 Å². The molecule has 4 nitrogen and oxygen atoms in total. The molecule has 0 spiro atoms. The number of hydrogen-bond donors (Lipinski definition) is 1. The molecule has 1 aliphatic rings. The van der Waals surface area contributed by atoms with E-state index in [1.54, 1.807) is 0 Å². The number of amides is 1. The third-order valence-electron chi connectivity index (χ3n) is 2.51. The van der Waals surface area contributed by atoms with Gasteiger partial charge in [0.05, 0.1) is 19.3 Å². The largest absolute Gasteiger partial charge is 0.376 e. The van der Waals surface area contributed by atoms with Gasteiger partial charge >= 0.3 is 0 Å². The van der Waals surface area contributed by atoms with E-state index in [0.29, 0.717) is 25.4 Å². The number of nitrogens with one attached hydrogen (secondary N) is 1. The summed E-state index contributed by atoms with van der Waals surface area (Å²) in [5.41, 5.74) is 0.701. The molecule has 1 amide bonds. The third kappa shape index (κ3) is 2.61. The fourth-order valence-electron chi connectivity index (χ4n) is 1.69. The fourth-order valence-corrected chi connectivity index (χ4v) is 2.33. The summed E-state index contributed by atoms with van der Waals surface area (Å²) in [7, 11) is 0. The molecule has 2 atom stereocenters. The van der Waals surface area contributed by atoms with Gasteiger partial charge in [0.25, 0.3) is 5.91 Å². The molecule has 5 heteroatoms. The first-order chi connectivity index (χ1) is 7.81. The standard InChI is InChI=1S/C11H15NO3S/c1-2-15-10-6-14-5-9(10)12-11(13)8-3-4-16-7-8/h3-4,7,9-10H,2,5-6H2,1H3,(H,12,13)/t9-,10-/m0/s1. The van der Waals surface area contributed by atoms with Gasteiger partial charge in [0, 0.05) is 17.6 Å². The highest BCUT2D eigenvalue weighted by atomic mass is 32.1. The van der Waals surface area contributed by atoms with Gasteiger partial charge < -0.3 is 14.8 Å². The van der Waals surface area contributed by atoms with E-state index in [9.17, 15) is 4.79 Å². The van der Waals surface area contributed by atoms with Gasteiger partial charge in [-0.3, -0.25) is 4.79 Å². The summed E-state index contributed by atoms with van der Waals surface area (Å²) in [5.74, 6) is -0.0542. The van der Waals surface area contributed by atoms with Crippen LogP contribution in [0.5, 0.6) is 0 Å². The smallest absolute Gasteiger partial charge is 0.252 e. The number of thiophene rings is 1. The van der Waals surface area contributed by atoms with Crippen molar-refractivity contribution in [1.29, 1.82) is 0 Å². The van der Waals surface area contributed by atoms with E-state index >= 15 is 0 Å². The van der Waals surface area contributed by atoms with Crippen molar-refractivity contribution in [1.82, 2.24) is 5.32 Å². The third-order valence-corrected chi connectivity index (χ3v) is 3.19. The average Bonchev–Trinajstić information content (AvgIpc) is 2.90. The Morgan fingerprint density at radius 1 is 1.69 bits per heavy atom. The summed E-state index contributed by atoms with van der Waals surface area (Å²) in [5, 5.41) is 6.66. The molecule has 88 valence electrons. The molecule has 0 bridgehead atoms. The van der Waals surface area contributed by atoms with Crippen molar-refractivity contribution in [2.24, 2.45) is 0 Å². The van der Waals surface area contributed by atoms with Crippen LogP contribution in [-0.2, 0) is 9.47 Å². The summed E-state index contributed by atoms with van der Waals surface area (Å²) in [4.78, 5) is 11.8. The van der Waals surface area contributed by atoms with E-state index in [2.05, 4.69) is 5.32 Å². The molecule has 0 unspecified atom stereocenters. The molecule has 1 aliphatic heterocycles. The second-order valence-electron chi connectivity index (χ2n) is 3.62. The molecule has 1 fully saturated rings. The van der Waals surface area contributed by atoms with Crippen LogP contribution in [-0.4, -0.2) is 37.9 Å². The lowest BCUT2D eigenvalue weighted by Gasteiger charge is -2.18. The molecule has 16 heavy (non-hydrogen) atoms. The van der Waals surface area contributed by atoms with E-state index in [1.807, 2.05) is 23.8 Å². The minimum absolute atomic E-state index is 0.0208. The molecular formula is C11H15NO3S. The van der Waals surface area contributed by atoms with E-state index in [0.717, 1.165) is 0 Å². The molecule has 0 aromatic carbocycles. The predicted molar refractivity (Wildman–Crippen MR) is 61.8 cm³/mol. The number of hydrogen-bond acceptors (Lipinski definition) is 4. The van der Waals surface area contributed by atoms with Gasteiger partial charge in [-0.1, -0.05) is 0 Å². The highest BCUT2D eigenvalue weighted by Gasteiger charge is 2.30. The van der Waals surface area contributed by atoms with Crippen molar-refractivity contribution >= 4 is 17.2 Å². The molecular weight excluding hydrogens is 226 g/mol. The highest BCUT2D eigenvalue weighted by molar-refractivity contribution is 7.08. The van der Waals surface area contributed by atoms with Crippen LogP contribution >= 0.6 is 11.3 Å². The molecule has 2 rings (SSSR count). The molecule has 2 heterocycles. The maximum Gasteiger partial charge on any atom is 0.252 e. The topological polar surface area (TPSA) is 47.6 Å². The van der Waals surface area contributed by atoms with Crippen LogP contribution < -0.4 is 5.32 Å². The molecule has 0 aliphatic carbocycles. The number of carbonyl (C=O) groups excluding carboxylic acids is 1. The molecule has 1 aromatic heterocycles. The van der Waals surface area contributed by atoms with Crippen molar-refractivity contribution in [3.05, 3.63) is 22.4 Å². The quantitative estimate of drug-likeness (QED) is 0.864. The normalized spacial score (nSPS) is 24.6. The summed E-state index contributed by atoms with van der Waals surface area (Å²) in [6.45, 7) is 3.66. The van der Waals surface area contributed by atoms with Gasteiger partial charge in [-0.25, -0.2) is 0 Å². The minimum atomic E-state index is -0.0542. The van der Waals surface area contributed by atoms with Gasteiger partial charge in [0.2, 0.25) is 0 Å². The van der Waals surface area contributed by atoms with Gasteiger partial charge in [-0.2, -0.15) is 11.3 Å². The Hall–Kier alpha value is -0.910. The van der Waals surface area contributed by atoms with Crippen LogP contribution in [0.15, 0.2) is 16.8 Å². The number of carbonyl (C=O) groups is 1. The van der Waals surface area contributed by atoms with Crippen LogP contribution in [0, 0.1) is 0 Å². The van der Waals surface area contributed by atoms with Crippen LogP contribution in [0.1, 0.15) is 17.3 Å². The maximum atomic E-state index is 11.8. The van der Waals surface area contributed by atoms with Crippen molar-refractivity contribution in [3.8, 4) is 0 Å². The van der Waals surface area contributed by atoms with Crippen molar-refractivity contribution < 1.29 is 14.3 Å². The number of rotatable bonds is 4. The zero-order valence-electron chi connectivity index (χ0n) is 9.14. The van der Waals surface area contributed by atoms with Crippen molar-refractivity contribution in [3.63, 3.8) is 0 Å². The Kier molecular flexibility index (Phi) is 3.93. The number of ether oxygens (including phenoxy) is 2. The van der Waals surface area contributed by atoms with Gasteiger partial charge in [0.1, 0.15) is 6.10 Å². The summed E-state index contributed by atoms with van der Waals surface area (Å²) in [6.07, 6.45) is -0.0208. The zero-order valence-corrected chi connectivity index (χ0v) is 9.96. The summed E-state index contributed by atoms with van der Waals surface area (Å²) in [6, 6.07) is 1.78. The van der Waals surface area contributed by atoms with Crippen molar-refractivity contribution in [2.75, 3.05) is 19.8 Å². The van der Waals surface area contributed by atoms with E-state index < -0.39 is 0 Å². The summed E-state index contributed by atoms with van der Waals surface area (Å²) < 4.78 is 10.8. The van der Waals surface area contributed by atoms with Gasteiger partial charge in [-0.15, -0.1) is 0 Å². The minimum Gasteiger partial charge on any atom is -0.376 e. The van der Waals surface area contributed by atoms with E-state index in [1.165, 1.54) is 11.3 Å². The lowest BCUT2D eigenvalue weighted by Crippen LogP contribution is -2.43. The molecule has 1 aromatic rings. The maximum absolute atomic E-state index is 11.8. The predicted octanol–water partition coefficient (Wildman–Crippen LogP) is 1.28. The highest BCUT2D eigenvalue weighted by Crippen LogP contribution is 2.12. The first-order valence-corrected chi connectivity index (χ1v) is 6.28. The first-order valence-electron chi connectivity index (χ1n) is 5.33. The van der Waals surface area contributed by atoms with E-state index in [-0.39, 0.29) is 18.1 Å². The lowest BCUT2D eigenvalue weighted by molar-refractivity contribution is 0.0402. The Morgan fingerprint density at radius 3 is 3.25 bits per heavy atom. The SMILES string of the molecule is CCO[C@H]1COC[C@@H]1NC(=O)c1ccsc1. The van der Waals surface area contributed by atoms with E-state index in [4.69, 9.17) is 9.47 Å². The van der Waals surface area contributed by atoms with Crippen LogP contribution in [0.3, 0.4) is 0 Å². The Balaban J connectivity index is 1.91. The van der Waals surface area contributed by atoms with Gasteiger partial charge in [0.15, 0.2) is 0 Å². The fraction of sp³-hybridized carbons (Fsp3) is 0.545. The second-order valence-corrected chi connectivity index (χ2v) is 4.40. The molecule has 0 radical (unpaired) electrons. The molecule has 0 saturated carbocycles. The monoisotopic (exact) mass is 241 g/mol.